The maximum atomic E-state index is 8.84. The van der Waals surface area contributed by atoms with E-state index in [1.54, 1.807) is 0 Å². The van der Waals surface area contributed by atoms with Crippen molar-refractivity contribution < 1.29 is 9.84 Å². The Hall–Kier alpha value is -0.850. The highest BCUT2D eigenvalue weighted by molar-refractivity contribution is 5.79. The fourth-order valence-electron chi connectivity index (χ4n) is 2.28. The molecular formula is C14H30N4O2. The summed E-state index contributed by atoms with van der Waals surface area (Å²) in [6.45, 7) is 12.4. The smallest absolute Gasteiger partial charge is 0.191 e. The van der Waals surface area contributed by atoms with E-state index in [2.05, 4.69) is 34.4 Å². The van der Waals surface area contributed by atoms with E-state index in [0.717, 1.165) is 38.7 Å². The molecule has 0 bridgehead atoms. The second kappa shape index (κ2) is 9.96. The Morgan fingerprint density at radius 1 is 1.45 bits per heavy atom. The van der Waals surface area contributed by atoms with Gasteiger partial charge in [0.1, 0.15) is 0 Å². The summed E-state index contributed by atoms with van der Waals surface area (Å²) >= 11 is 0. The molecule has 0 aromatic carbocycles. The van der Waals surface area contributed by atoms with E-state index in [1.807, 2.05) is 6.92 Å². The van der Waals surface area contributed by atoms with Crippen molar-refractivity contribution in [2.75, 3.05) is 52.5 Å². The highest BCUT2D eigenvalue weighted by Crippen LogP contribution is 2.08. The number of hydrogen-bond donors (Lipinski definition) is 3. The zero-order chi connectivity index (χ0) is 14.8. The second-order valence-electron chi connectivity index (χ2n) is 5.52. The number of nitrogens with one attached hydrogen (secondary N) is 2. The summed E-state index contributed by atoms with van der Waals surface area (Å²) in [7, 11) is 0. The van der Waals surface area contributed by atoms with Crippen LogP contribution in [0.1, 0.15) is 20.8 Å². The topological polar surface area (TPSA) is 69.1 Å². The monoisotopic (exact) mass is 286 g/mol. The van der Waals surface area contributed by atoms with Gasteiger partial charge in [0.15, 0.2) is 5.96 Å². The summed E-state index contributed by atoms with van der Waals surface area (Å²) in [5.74, 6) is 1.42. The third-order valence-electron chi connectivity index (χ3n) is 3.05. The minimum absolute atomic E-state index is 0.104. The molecule has 0 radical (unpaired) electrons. The minimum Gasteiger partial charge on any atom is -0.395 e. The van der Waals surface area contributed by atoms with Crippen molar-refractivity contribution in [1.82, 2.24) is 15.5 Å². The van der Waals surface area contributed by atoms with Crippen LogP contribution in [0, 0.1) is 5.92 Å². The van der Waals surface area contributed by atoms with E-state index in [9.17, 15) is 0 Å². The number of nitrogens with zero attached hydrogens (tertiary/aromatic N) is 2. The molecule has 0 amide bonds. The Balaban J connectivity index is 2.40. The summed E-state index contributed by atoms with van der Waals surface area (Å²) in [5, 5.41) is 15.1. The normalized spacial score (nSPS) is 21.2. The van der Waals surface area contributed by atoms with Gasteiger partial charge in [-0.25, -0.2) is 0 Å². The highest BCUT2D eigenvalue weighted by atomic mass is 16.5. The average Bonchev–Trinajstić information content (AvgIpc) is 2.41. The number of ether oxygens (including phenoxy) is 1. The fourth-order valence-corrected chi connectivity index (χ4v) is 2.28. The molecule has 0 spiro atoms. The zero-order valence-corrected chi connectivity index (χ0v) is 13.1. The first-order valence-corrected chi connectivity index (χ1v) is 7.62. The van der Waals surface area contributed by atoms with Crippen molar-refractivity contribution >= 4 is 5.96 Å². The number of aliphatic hydroxyl groups is 1. The standard InChI is InChI=1S/C14H30N4O2/c1-4-15-14(16-5-7-19)17-9-13-11-18(6-8-20-13)10-12(2)3/h12-13,19H,4-11H2,1-3H3,(H2,15,16,17). The van der Waals surface area contributed by atoms with Gasteiger partial charge in [0.2, 0.25) is 0 Å². The molecule has 0 saturated carbocycles. The summed E-state index contributed by atoms with van der Waals surface area (Å²) in [5.41, 5.74) is 0. The molecule has 1 aliphatic rings. The van der Waals surface area contributed by atoms with Crippen LogP contribution in [0.15, 0.2) is 4.99 Å². The van der Waals surface area contributed by atoms with Gasteiger partial charge in [-0.1, -0.05) is 13.8 Å². The van der Waals surface area contributed by atoms with Gasteiger partial charge in [-0.2, -0.15) is 0 Å². The Labute approximate surface area is 122 Å². The Morgan fingerprint density at radius 3 is 2.90 bits per heavy atom. The van der Waals surface area contributed by atoms with Gasteiger partial charge in [0.05, 0.1) is 25.9 Å². The van der Waals surface area contributed by atoms with Gasteiger partial charge >= 0.3 is 0 Å². The largest absolute Gasteiger partial charge is 0.395 e. The lowest BCUT2D eigenvalue weighted by Crippen LogP contribution is -2.46. The van der Waals surface area contributed by atoms with Crippen molar-refractivity contribution in [3.63, 3.8) is 0 Å². The van der Waals surface area contributed by atoms with E-state index in [1.165, 1.54) is 0 Å². The van der Waals surface area contributed by atoms with Crippen molar-refractivity contribution in [1.29, 1.82) is 0 Å². The molecule has 1 aliphatic heterocycles. The van der Waals surface area contributed by atoms with Crippen LogP contribution in [0.25, 0.3) is 0 Å². The molecule has 1 saturated heterocycles. The van der Waals surface area contributed by atoms with E-state index < -0.39 is 0 Å². The lowest BCUT2D eigenvalue weighted by Gasteiger charge is -2.33. The highest BCUT2D eigenvalue weighted by Gasteiger charge is 2.20. The SMILES string of the molecule is CCNC(=NCC1CN(CC(C)C)CCO1)NCCO. The Kier molecular flexibility index (Phi) is 8.57. The molecule has 0 aromatic heterocycles. The third-order valence-corrected chi connectivity index (χ3v) is 3.05. The molecule has 118 valence electrons. The molecule has 0 aromatic rings. The minimum atomic E-state index is 0.104. The van der Waals surface area contributed by atoms with Crippen LogP contribution in [0.2, 0.25) is 0 Å². The molecule has 1 atom stereocenters. The van der Waals surface area contributed by atoms with E-state index in [0.29, 0.717) is 19.0 Å². The molecule has 1 unspecified atom stereocenters. The maximum Gasteiger partial charge on any atom is 0.191 e. The van der Waals surface area contributed by atoms with Crippen LogP contribution in [0.4, 0.5) is 0 Å². The van der Waals surface area contributed by atoms with E-state index in [-0.39, 0.29) is 12.7 Å². The van der Waals surface area contributed by atoms with Crippen LogP contribution in [-0.2, 0) is 4.74 Å². The fraction of sp³-hybridized carbons (Fsp3) is 0.929. The number of morpholine rings is 1. The first kappa shape index (κ1) is 17.2. The summed E-state index contributed by atoms with van der Waals surface area (Å²) < 4.78 is 5.77. The van der Waals surface area contributed by atoms with Crippen molar-refractivity contribution in [3.8, 4) is 0 Å². The van der Waals surface area contributed by atoms with Crippen LogP contribution in [-0.4, -0.2) is 74.6 Å². The Bertz CT molecular complexity index is 284. The molecule has 1 heterocycles. The maximum absolute atomic E-state index is 8.84. The molecule has 0 aliphatic carbocycles. The van der Waals surface area contributed by atoms with E-state index in [4.69, 9.17) is 9.84 Å². The number of aliphatic imine (C=N–C) groups is 1. The second-order valence-corrected chi connectivity index (χ2v) is 5.52. The number of guanidine groups is 1. The van der Waals surface area contributed by atoms with Crippen LogP contribution < -0.4 is 10.6 Å². The van der Waals surface area contributed by atoms with Crippen LogP contribution >= 0.6 is 0 Å². The van der Waals surface area contributed by atoms with Gasteiger partial charge in [0.25, 0.3) is 0 Å². The third kappa shape index (κ3) is 7.07. The lowest BCUT2D eigenvalue weighted by atomic mass is 10.2. The van der Waals surface area contributed by atoms with Gasteiger partial charge in [0, 0.05) is 32.7 Å². The van der Waals surface area contributed by atoms with Crippen LogP contribution in [0.3, 0.4) is 0 Å². The summed E-state index contributed by atoms with van der Waals surface area (Å²) in [4.78, 5) is 6.97. The summed E-state index contributed by atoms with van der Waals surface area (Å²) in [6.07, 6.45) is 0.159. The lowest BCUT2D eigenvalue weighted by molar-refractivity contribution is -0.0261. The molecule has 20 heavy (non-hydrogen) atoms. The molecule has 1 fully saturated rings. The molecular weight excluding hydrogens is 256 g/mol. The van der Waals surface area contributed by atoms with Gasteiger partial charge in [-0.05, 0) is 12.8 Å². The van der Waals surface area contributed by atoms with Crippen molar-refractivity contribution in [3.05, 3.63) is 0 Å². The number of hydrogen-bond acceptors (Lipinski definition) is 4. The van der Waals surface area contributed by atoms with Gasteiger partial charge < -0.3 is 20.5 Å². The molecule has 1 rings (SSSR count). The summed E-state index contributed by atoms with van der Waals surface area (Å²) in [6, 6.07) is 0. The molecule has 3 N–H and O–H groups in total. The quantitative estimate of drug-likeness (QED) is 0.450. The van der Waals surface area contributed by atoms with E-state index >= 15 is 0 Å². The zero-order valence-electron chi connectivity index (χ0n) is 13.1. The first-order valence-electron chi connectivity index (χ1n) is 7.62. The van der Waals surface area contributed by atoms with Crippen molar-refractivity contribution in [2.24, 2.45) is 10.9 Å². The van der Waals surface area contributed by atoms with Crippen LogP contribution in [0.5, 0.6) is 0 Å². The molecule has 6 nitrogen and oxygen atoms in total. The average molecular weight is 286 g/mol. The number of rotatable bonds is 7. The Morgan fingerprint density at radius 2 is 2.25 bits per heavy atom. The van der Waals surface area contributed by atoms with Gasteiger partial charge in [-0.3, -0.25) is 9.89 Å². The van der Waals surface area contributed by atoms with Crippen molar-refractivity contribution in [2.45, 2.75) is 26.9 Å². The number of aliphatic hydroxyl groups excluding tert-OH is 1. The molecule has 6 heteroatoms. The first-order chi connectivity index (χ1) is 9.65. The predicted octanol–water partition coefficient (Wildman–Crippen LogP) is -0.109. The van der Waals surface area contributed by atoms with Gasteiger partial charge in [-0.15, -0.1) is 0 Å². The predicted molar refractivity (Wildman–Crippen MR) is 82.1 cm³/mol.